The van der Waals surface area contributed by atoms with Gasteiger partial charge in [-0.2, -0.15) is 19.6 Å². The molecule has 0 aromatic heterocycles. The van der Waals surface area contributed by atoms with Crippen LogP contribution in [0.2, 0.25) is 0 Å². The van der Waals surface area contributed by atoms with Crippen LogP contribution in [0.3, 0.4) is 0 Å². The number of benzene rings is 4. The van der Waals surface area contributed by atoms with Gasteiger partial charge in [0.05, 0.1) is 0 Å². The van der Waals surface area contributed by atoms with E-state index >= 15 is 0 Å². The smallest absolute Gasteiger partial charge is 0.0361 e. The summed E-state index contributed by atoms with van der Waals surface area (Å²) < 4.78 is 0. The molecule has 0 heterocycles. The Kier molecular flexibility index (Phi) is 13.2. The molecule has 0 aliphatic carbocycles. The van der Waals surface area contributed by atoms with Crippen molar-refractivity contribution in [1.29, 1.82) is 0 Å². The van der Waals surface area contributed by atoms with Gasteiger partial charge in [-0.05, 0) is 46.5 Å². The predicted molar refractivity (Wildman–Crippen MR) is 178 cm³/mol. The minimum absolute atomic E-state index is 0. The van der Waals surface area contributed by atoms with Crippen molar-refractivity contribution >= 4 is 81.5 Å². The van der Waals surface area contributed by atoms with E-state index in [0.717, 1.165) is 53.2 Å². The van der Waals surface area contributed by atoms with Crippen molar-refractivity contribution < 1.29 is 16.5 Å². The van der Waals surface area contributed by atoms with E-state index < -0.39 is 0 Å². The molecule has 4 rings (SSSR count). The first-order chi connectivity index (χ1) is 18.2. The second-order valence-electron chi connectivity index (χ2n) is 8.93. The van der Waals surface area contributed by atoms with Crippen LogP contribution in [-0.4, -0.2) is 28.2 Å². The van der Waals surface area contributed by atoms with Crippen molar-refractivity contribution in [2.24, 2.45) is 0 Å². The molecule has 7 heteroatoms. The summed E-state index contributed by atoms with van der Waals surface area (Å²) in [7, 11) is 8.06. The second-order valence-corrected chi connectivity index (χ2v) is 10.6. The molecule has 0 fully saturated rings. The zero-order valence-corrected chi connectivity index (χ0v) is 26.5. The minimum atomic E-state index is 0. The Morgan fingerprint density at radius 1 is 0.385 bits per heavy atom. The van der Waals surface area contributed by atoms with Crippen LogP contribution in [0, 0.1) is 0 Å². The molecule has 0 bridgehead atoms. The number of rotatable bonds is 6. The Balaban J connectivity index is 0.000000267. The number of anilines is 2. The van der Waals surface area contributed by atoms with E-state index in [0.29, 0.717) is 0 Å². The molecule has 206 valence electrons. The SMILES string of the molecule is CN(C)c1ccc(C([S-])=C([S-])c2ccccc2)cc1.CN(C)c1ccc(C([S-])=C([S-])c2ccccc2)cc1.[Ni]. The average Bonchev–Trinajstić information content (AvgIpc) is 2.97. The predicted octanol–water partition coefficient (Wildman–Crippen LogP) is 7.34. The first-order valence-electron chi connectivity index (χ1n) is 12.0. The van der Waals surface area contributed by atoms with Gasteiger partial charge in [0.1, 0.15) is 0 Å². The molecule has 0 saturated carbocycles. The normalized spacial score (nSPS) is 11.6. The summed E-state index contributed by atoms with van der Waals surface area (Å²) in [5.41, 5.74) is 6.29. The van der Waals surface area contributed by atoms with Gasteiger partial charge in [0.25, 0.3) is 0 Å². The maximum atomic E-state index is 5.48. The van der Waals surface area contributed by atoms with Crippen LogP contribution in [0.1, 0.15) is 22.3 Å². The molecule has 2 nitrogen and oxygen atoms in total. The molecule has 0 unspecified atom stereocenters. The average molecular weight is 630 g/mol. The molecular weight excluding hydrogens is 599 g/mol. The fraction of sp³-hybridized carbons (Fsp3) is 0.125. The maximum Gasteiger partial charge on any atom is 0.0361 e. The van der Waals surface area contributed by atoms with Crippen LogP contribution in [0.5, 0.6) is 0 Å². The van der Waals surface area contributed by atoms with Crippen LogP contribution in [0.4, 0.5) is 11.4 Å². The molecule has 4 aromatic carbocycles. The van der Waals surface area contributed by atoms with E-state index in [1.54, 1.807) is 0 Å². The van der Waals surface area contributed by atoms with E-state index in [1.807, 2.05) is 113 Å². The molecule has 4 aromatic rings. The molecule has 39 heavy (non-hydrogen) atoms. The van der Waals surface area contributed by atoms with Gasteiger partial charge in [-0.25, -0.2) is 0 Å². The quantitative estimate of drug-likeness (QED) is 0.124. The summed E-state index contributed by atoms with van der Waals surface area (Å²) in [5.74, 6) is 0. The van der Waals surface area contributed by atoms with Crippen molar-refractivity contribution in [3.8, 4) is 0 Å². The Bertz CT molecular complexity index is 1260. The van der Waals surface area contributed by atoms with Gasteiger partial charge in [-0.15, -0.1) is 0 Å². The summed E-state index contributed by atoms with van der Waals surface area (Å²) in [6.07, 6.45) is 0. The third-order valence-corrected chi connectivity index (χ3v) is 7.79. The van der Waals surface area contributed by atoms with Gasteiger partial charge in [0, 0.05) is 56.1 Å². The van der Waals surface area contributed by atoms with Gasteiger partial charge in [-0.3, -0.25) is 0 Å². The summed E-state index contributed by atoms with van der Waals surface area (Å²) >= 11 is 21.9. The zero-order valence-electron chi connectivity index (χ0n) is 22.2. The Hall–Kier alpha value is -2.67. The third-order valence-electron chi connectivity index (χ3n) is 5.78. The molecule has 0 radical (unpaired) electrons. The topological polar surface area (TPSA) is 6.48 Å². The number of nitrogens with zero attached hydrogens (tertiary/aromatic N) is 2. The van der Waals surface area contributed by atoms with Crippen LogP contribution in [0.25, 0.3) is 19.6 Å². The number of hydrogen-bond donors (Lipinski definition) is 0. The molecule has 0 aliphatic heterocycles. The fourth-order valence-electron chi connectivity index (χ4n) is 3.53. The summed E-state index contributed by atoms with van der Waals surface area (Å²) in [5, 5.41) is 0. The molecule has 0 saturated heterocycles. The van der Waals surface area contributed by atoms with Gasteiger partial charge in [-0.1, -0.05) is 84.9 Å². The van der Waals surface area contributed by atoms with Gasteiger partial charge >= 0.3 is 0 Å². The van der Waals surface area contributed by atoms with Gasteiger partial charge in [0.2, 0.25) is 0 Å². The second kappa shape index (κ2) is 15.8. The molecule has 0 spiro atoms. The molecule has 0 N–H and O–H groups in total. The Labute approximate surface area is 265 Å². The fourth-order valence-corrected chi connectivity index (χ4v) is 4.54. The molecular formula is C32H30N2NiS4-4. The Morgan fingerprint density at radius 3 is 0.846 bits per heavy atom. The summed E-state index contributed by atoms with van der Waals surface area (Å²) in [6, 6.07) is 36.1. The van der Waals surface area contributed by atoms with Crippen LogP contribution in [0.15, 0.2) is 109 Å². The van der Waals surface area contributed by atoms with E-state index in [-0.39, 0.29) is 16.5 Å². The Morgan fingerprint density at radius 2 is 0.615 bits per heavy atom. The first-order valence-corrected chi connectivity index (χ1v) is 13.6. The summed E-state index contributed by atoms with van der Waals surface area (Å²) in [4.78, 5) is 7.03. The van der Waals surface area contributed by atoms with E-state index in [4.69, 9.17) is 50.5 Å². The maximum absolute atomic E-state index is 5.48. The van der Waals surface area contributed by atoms with Crippen molar-refractivity contribution in [2.75, 3.05) is 38.0 Å². The van der Waals surface area contributed by atoms with Crippen LogP contribution < -0.4 is 9.80 Å². The standard InChI is InChI=1S/2C16H17NS2.Ni/c2*1-17(2)14-10-8-13(9-11-14)16(19)15(18)12-6-4-3-5-7-12;/h2*3-11,18-19H,1-2H3;/p-4. The van der Waals surface area contributed by atoms with E-state index in [1.165, 1.54) is 0 Å². The molecule has 0 atom stereocenters. The number of hydrogen-bond acceptors (Lipinski definition) is 6. The van der Waals surface area contributed by atoms with E-state index in [2.05, 4.69) is 34.1 Å². The first kappa shape index (κ1) is 32.5. The van der Waals surface area contributed by atoms with Crippen molar-refractivity contribution in [2.45, 2.75) is 0 Å². The van der Waals surface area contributed by atoms with Gasteiger partial charge < -0.3 is 60.3 Å². The van der Waals surface area contributed by atoms with Crippen molar-refractivity contribution in [3.05, 3.63) is 131 Å². The third kappa shape index (κ3) is 9.20. The minimum Gasteiger partial charge on any atom is -0.781 e. The van der Waals surface area contributed by atoms with Gasteiger partial charge in [0.15, 0.2) is 0 Å². The monoisotopic (exact) mass is 628 g/mol. The van der Waals surface area contributed by atoms with E-state index in [9.17, 15) is 0 Å². The van der Waals surface area contributed by atoms with Crippen molar-refractivity contribution in [3.63, 3.8) is 0 Å². The van der Waals surface area contributed by atoms with Crippen LogP contribution >= 0.6 is 0 Å². The summed E-state index contributed by atoms with van der Waals surface area (Å²) in [6.45, 7) is 0. The molecule has 0 aliphatic rings. The van der Waals surface area contributed by atoms with Crippen LogP contribution in [-0.2, 0) is 67.0 Å². The van der Waals surface area contributed by atoms with Crippen molar-refractivity contribution in [1.82, 2.24) is 0 Å². The zero-order chi connectivity index (χ0) is 27.7. The largest absolute Gasteiger partial charge is 0.781 e. The molecule has 0 amide bonds.